The van der Waals surface area contributed by atoms with Crippen molar-refractivity contribution in [3.63, 3.8) is 0 Å². The Bertz CT molecular complexity index is 534. The first-order valence-electron chi connectivity index (χ1n) is 4.88. The van der Waals surface area contributed by atoms with Gasteiger partial charge in [0.15, 0.2) is 10.3 Å². The number of nitrogens with zero attached hydrogens (tertiary/aromatic N) is 2. The summed E-state index contributed by atoms with van der Waals surface area (Å²) in [6, 6.07) is 1.26. The molecule has 17 heavy (non-hydrogen) atoms. The van der Waals surface area contributed by atoms with Crippen LogP contribution in [0.4, 0.5) is 4.39 Å². The lowest BCUT2D eigenvalue weighted by molar-refractivity contribution is 0.0862. The van der Waals surface area contributed by atoms with Crippen molar-refractivity contribution in [3.8, 4) is 5.88 Å². The van der Waals surface area contributed by atoms with Crippen LogP contribution in [0.15, 0.2) is 6.07 Å². The molecule has 1 atom stereocenters. The smallest absolute Gasteiger partial charge is 0.252 e. The quantitative estimate of drug-likeness (QED) is 0.861. The molecule has 0 saturated heterocycles. The Labute approximate surface area is 106 Å². The summed E-state index contributed by atoms with van der Waals surface area (Å²) in [5, 5.41) is 0. The van der Waals surface area contributed by atoms with E-state index in [-0.39, 0.29) is 12.0 Å². The second-order valence-corrected chi connectivity index (χ2v) is 5.01. The first kappa shape index (κ1) is 12.5. The van der Waals surface area contributed by atoms with Crippen LogP contribution in [0.3, 0.4) is 0 Å². The van der Waals surface area contributed by atoms with Crippen LogP contribution in [0.5, 0.6) is 5.88 Å². The van der Waals surface area contributed by atoms with Gasteiger partial charge in [0.05, 0.1) is 6.61 Å². The van der Waals surface area contributed by atoms with Gasteiger partial charge in [-0.2, -0.15) is 4.98 Å². The zero-order chi connectivity index (χ0) is 12.4. The predicted octanol–water partition coefficient (Wildman–Crippen LogP) is 2.90. The highest BCUT2D eigenvalue weighted by atomic mass is 35.5. The van der Waals surface area contributed by atoms with Gasteiger partial charge in [0, 0.05) is 13.2 Å². The molecule has 2 rings (SSSR count). The Balaban J connectivity index is 2.30. The van der Waals surface area contributed by atoms with Crippen molar-refractivity contribution < 1.29 is 13.9 Å². The monoisotopic (exact) mass is 276 g/mol. The number of methoxy groups -OCH3 is 1. The van der Waals surface area contributed by atoms with Gasteiger partial charge in [0.1, 0.15) is 16.5 Å². The average molecular weight is 277 g/mol. The summed E-state index contributed by atoms with van der Waals surface area (Å²) in [4.78, 5) is 8.52. The summed E-state index contributed by atoms with van der Waals surface area (Å²) in [5.41, 5.74) is 0.434. The third-order valence-electron chi connectivity index (χ3n) is 1.99. The maximum atomic E-state index is 13.6. The van der Waals surface area contributed by atoms with Gasteiger partial charge in [0.25, 0.3) is 5.88 Å². The zero-order valence-corrected chi connectivity index (χ0v) is 10.8. The molecule has 4 nitrogen and oxygen atoms in total. The van der Waals surface area contributed by atoms with Gasteiger partial charge in [-0.05, 0) is 6.92 Å². The molecule has 0 radical (unpaired) electrons. The first-order valence-corrected chi connectivity index (χ1v) is 6.07. The van der Waals surface area contributed by atoms with Gasteiger partial charge in [-0.15, -0.1) is 0 Å². The van der Waals surface area contributed by atoms with E-state index in [0.717, 1.165) is 0 Å². The topological polar surface area (TPSA) is 44.2 Å². The zero-order valence-electron chi connectivity index (χ0n) is 9.24. The van der Waals surface area contributed by atoms with Crippen molar-refractivity contribution in [1.82, 2.24) is 9.97 Å². The Kier molecular flexibility index (Phi) is 3.76. The van der Waals surface area contributed by atoms with E-state index in [1.807, 2.05) is 0 Å². The third kappa shape index (κ3) is 2.83. The lowest BCUT2D eigenvalue weighted by Gasteiger charge is -2.12. The number of rotatable bonds is 4. The first-order chi connectivity index (χ1) is 8.10. The van der Waals surface area contributed by atoms with Crippen molar-refractivity contribution in [2.45, 2.75) is 13.0 Å². The Morgan fingerprint density at radius 1 is 1.53 bits per heavy atom. The maximum Gasteiger partial charge on any atom is 0.252 e. The minimum absolute atomic E-state index is 0.0534. The van der Waals surface area contributed by atoms with Crippen LogP contribution in [-0.2, 0) is 4.74 Å². The highest BCUT2D eigenvalue weighted by Gasteiger charge is 2.14. The van der Waals surface area contributed by atoms with Gasteiger partial charge < -0.3 is 9.47 Å². The lowest BCUT2D eigenvalue weighted by atomic mass is 10.4. The number of thiazole rings is 1. The fourth-order valence-electron chi connectivity index (χ4n) is 1.34. The van der Waals surface area contributed by atoms with Crippen LogP contribution in [0.2, 0.25) is 4.47 Å². The number of aromatic nitrogens is 2. The van der Waals surface area contributed by atoms with Crippen molar-refractivity contribution in [2.24, 2.45) is 0 Å². The highest BCUT2D eigenvalue weighted by Crippen LogP contribution is 2.28. The molecular formula is C10H10ClFN2O2S. The molecule has 0 bridgehead atoms. The van der Waals surface area contributed by atoms with E-state index in [1.54, 1.807) is 14.0 Å². The SMILES string of the molecule is COCC(C)Oc1nc2sc(Cl)nc2cc1F. The van der Waals surface area contributed by atoms with E-state index in [1.165, 1.54) is 17.4 Å². The molecule has 7 heteroatoms. The van der Waals surface area contributed by atoms with Crippen molar-refractivity contribution in [3.05, 3.63) is 16.4 Å². The molecule has 0 aliphatic heterocycles. The number of halogens is 2. The van der Waals surface area contributed by atoms with Crippen LogP contribution >= 0.6 is 22.9 Å². The number of fused-ring (bicyclic) bond motifs is 1. The van der Waals surface area contributed by atoms with E-state index < -0.39 is 5.82 Å². The standard InChI is InChI=1S/C10H10ClFN2O2S/c1-5(4-15-2)16-8-6(12)3-7-9(14-8)17-10(11)13-7/h3,5H,4H2,1-2H3. The molecule has 0 spiro atoms. The van der Waals surface area contributed by atoms with Gasteiger partial charge in [-0.1, -0.05) is 22.9 Å². The predicted molar refractivity (Wildman–Crippen MR) is 64.3 cm³/mol. The third-order valence-corrected chi connectivity index (χ3v) is 3.06. The van der Waals surface area contributed by atoms with Crippen LogP contribution in [0.25, 0.3) is 10.3 Å². The van der Waals surface area contributed by atoms with E-state index in [2.05, 4.69) is 9.97 Å². The molecular weight excluding hydrogens is 267 g/mol. The van der Waals surface area contributed by atoms with Gasteiger partial charge >= 0.3 is 0 Å². The average Bonchev–Trinajstić information content (AvgIpc) is 2.58. The number of hydrogen-bond acceptors (Lipinski definition) is 5. The van der Waals surface area contributed by atoms with E-state index >= 15 is 0 Å². The molecule has 2 aromatic rings. The van der Waals surface area contributed by atoms with E-state index in [4.69, 9.17) is 21.1 Å². The fourth-order valence-corrected chi connectivity index (χ4v) is 2.29. The summed E-state index contributed by atoms with van der Waals surface area (Å²) in [6.07, 6.45) is -0.275. The Morgan fingerprint density at radius 2 is 2.29 bits per heavy atom. The minimum atomic E-state index is -0.553. The molecule has 0 fully saturated rings. The molecule has 2 aromatic heterocycles. The summed E-state index contributed by atoms with van der Waals surface area (Å²) in [7, 11) is 1.55. The Morgan fingerprint density at radius 3 is 3.00 bits per heavy atom. The summed E-state index contributed by atoms with van der Waals surface area (Å²) in [6.45, 7) is 2.14. The number of hydrogen-bond donors (Lipinski definition) is 0. The van der Waals surface area contributed by atoms with E-state index in [0.29, 0.717) is 21.4 Å². The lowest BCUT2D eigenvalue weighted by Crippen LogP contribution is -2.19. The summed E-state index contributed by atoms with van der Waals surface area (Å²) in [5.74, 6) is -0.607. The minimum Gasteiger partial charge on any atom is -0.470 e. The molecule has 0 saturated carbocycles. The van der Waals surface area contributed by atoms with Crippen LogP contribution in [0.1, 0.15) is 6.92 Å². The van der Waals surface area contributed by atoms with Gasteiger partial charge in [-0.3, -0.25) is 0 Å². The number of ether oxygens (including phenoxy) is 2. The van der Waals surface area contributed by atoms with Crippen molar-refractivity contribution >= 4 is 33.3 Å². The maximum absolute atomic E-state index is 13.6. The molecule has 0 aliphatic rings. The fraction of sp³-hybridized carbons (Fsp3) is 0.400. The van der Waals surface area contributed by atoms with Gasteiger partial charge in [0.2, 0.25) is 0 Å². The van der Waals surface area contributed by atoms with Crippen LogP contribution in [-0.4, -0.2) is 29.8 Å². The summed E-state index contributed by atoms with van der Waals surface area (Å²) < 4.78 is 24.2. The molecule has 92 valence electrons. The molecule has 0 N–H and O–H groups in total. The largest absolute Gasteiger partial charge is 0.470 e. The van der Waals surface area contributed by atoms with Crippen molar-refractivity contribution in [2.75, 3.05) is 13.7 Å². The molecule has 0 aromatic carbocycles. The van der Waals surface area contributed by atoms with Crippen LogP contribution < -0.4 is 4.74 Å². The molecule has 1 unspecified atom stereocenters. The molecule has 0 aliphatic carbocycles. The van der Waals surface area contributed by atoms with Gasteiger partial charge in [-0.25, -0.2) is 9.37 Å². The van der Waals surface area contributed by atoms with Crippen LogP contribution in [0, 0.1) is 5.82 Å². The highest BCUT2D eigenvalue weighted by molar-refractivity contribution is 7.21. The number of pyridine rings is 1. The summed E-state index contributed by atoms with van der Waals surface area (Å²) >= 11 is 6.91. The second-order valence-electron chi connectivity index (χ2n) is 3.45. The molecule has 2 heterocycles. The van der Waals surface area contributed by atoms with E-state index in [9.17, 15) is 4.39 Å². The second kappa shape index (κ2) is 5.12. The van der Waals surface area contributed by atoms with Crippen molar-refractivity contribution in [1.29, 1.82) is 0 Å². The molecule has 0 amide bonds. The normalized spacial score (nSPS) is 12.9. The Hall–Kier alpha value is -0.980.